The van der Waals surface area contributed by atoms with Crippen LogP contribution in [0.25, 0.3) is 0 Å². The second-order valence-electron chi connectivity index (χ2n) is 7.54. The number of thiocarbonyl (C=S) groups is 1. The van der Waals surface area contributed by atoms with Crippen LogP contribution in [0.1, 0.15) is 69.9 Å². The molecule has 2 nitrogen and oxygen atoms in total. The Kier molecular flexibility index (Phi) is 9.43. The van der Waals surface area contributed by atoms with Crippen molar-refractivity contribution in [1.82, 2.24) is 4.90 Å². The van der Waals surface area contributed by atoms with Crippen molar-refractivity contribution in [3.05, 3.63) is 47.3 Å². The number of aliphatic hydroxyl groups excluding tert-OH is 1. The zero-order valence-electron chi connectivity index (χ0n) is 16.8. The molecule has 1 aromatic rings. The van der Waals surface area contributed by atoms with Crippen molar-refractivity contribution >= 4 is 17.2 Å². The summed E-state index contributed by atoms with van der Waals surface area (Å²) < 4.78 is 13.6. The van der Waals surface area contributed by atoms with E-state index in [0.29, 0.717) is 24.4 Å². The number of nitrogens with zero attached hydrogens (tertiary/aromatic N) is 1. The quantitative estimate of drug-likeness (QED) is 0.301. The number of unbranched alkanes of at least 4 members (excludes halogenated alkanes) is 4. The summed E-state index contributed by atoms with van der Waals surface area (Å²) in [4.78, 5) is 3.39. The van der Waals surface area contributed by atoms with Gasteiger partial charge in [0.05, 0.1) is 11.1 Å². The molecule has 1 saturated heterocycles. The van der Waals surface area contributed by atoms with Gasteiger partial charge in [-0.2, -0.15) is 0 Å². The van der Waals surface area contributed by atoms with Crippen molar-refractivity contribution in [3.8, 4) is 0 Å². The van der Waals surface area contributed by atoms with Crippen LogP contribution in [0, 0.1) is 5.82 Å². The minimum absolute atomic E-state index is 0.166. The molecule has 0 unspecified atom stereocenters. The lowest BCUT2D eigenvalue weighted by Gasteiger charge is -2.24. The van der Waals surface area contributed by atoms with Gasteiger partial charge in [-0.05, 0) is 36.5 Å². The van der Waals surface area contributed by atoms with E-state index in [-0.39, 0.29) is 5.82 Å². The highest BCUT2D eigenvalue weighted by atomic mass is 32.1. The summed E-state index contributed by atoms with van der Waals surface area (Å²) in [5.74, 6) is -0.166. The molecule has 1 aromatic carbocycles. The van der Waals surface area contributed by atoms with Crippen molar-refractivity contribution in [3.63, 3.8) is 0 Å². The van der Waals surface area contributed by atoms with E-state index in [1.54, 1.807) is 6.07 Å². The van der Waals surface area contributed by atoms with Crippen molar-refractivity contribution < 1.29 is 9.50 Å². The number of aryl methyl sites for hydroxylation is 1. The van der Waals surface area contributed by atoms with E-state index in [2.05, 4.69) is 17.9 Å². The topological polar surface area (TPSA) is 23.5 Å². The molecule has 1 aliphatic heterocycles. The van der Waals surface area contributed by atoms with Crippen LogP contribution in [-0.4, -0.2) is 33.7 Å². The minimum atomic E-state index is -0.555. The maximum absolute atomic E-state index is 13.6. The van der Waals surface area contributed by atoms with Crippen LogP contribution in [0.2, 0.25) is 0 Å². The number of hydrogen-bond donors (Lipinski definition) is 1. The molecule has 2 atom stereocenters. The molecular weight excluding hydrogens is 357 g/mol. The Bertz CT molecular complexity index is 631. The lowest BCUT2D eigenvalue weighted by molar-refractivity contribution is 0.222. The van der Waals surface area contributed by atoms with Gasteiger partial charge in [0.25, 0.3) is 0 Å². The van der Waals surface area contributed by atoms with Gasteiger partial charge < -0.3 is 10.0 Å². The fourth-order valence-corrected chi connectivity index (χ4v) is 4.07. The zero-order valence-corrected chi connectivity index (χ0v) is 17.6. The summed E-state index contributed by atoms with van der Waals surface area (Å²) >= 11 is 5.54. The second kappa shape index (κ2) is 11.6. The highest BCUT2D eigenvalue weighted by Gasteiger charge is 2.25. The van der Waals surface area contributed by atoms with Gasteiger partial charge in [0.2, 0.25) is 0 Å². The summed E-state index contributed by atoms with van der Waals surface area (Å²) in [6.45, 7) is 5.19. The highest BCUT2D eigenvalue weighted by molar-refractivity contribution is 7.80. The lowest BCUT2D eigenvalue weighted by Crippen LogP contribution is -2.32. The molecular formula is C23H34FNOS. The Morgan fingerprint density at radius 3 is 2.78 bits per heavy atom. The van der Waals surface area contributed by atoms with Crippen molar-refractivity contribution in [2.24, 2.45) is 0 Å². The Hall–Kier alpha value is -1.26. The monoisotopic (exact) mass is 391 g/mol. The first-order chi connectivity index (χ1) is 13.0. The van der Waals surface area contributed by atoms with E-state index in [1.807, 2.05) is 19.1 Å². The molecule has 0 saturated carbocycles. The number of hydrogen-bond acceptors (Lipinski definition) is 2. The van der Waals surface area contributed by atoms with Gasteiger partial charge in [-0.1, -0.05) is 76.0 Å². The van der Waals surface area contributed by atoms with Crippen LogP contribution in [-0.2, 0) is 12.8 Å². The molecule has 0 bridgehead atoms. The smallest absolute Gasteiger partial charge is 0.126 e. The minimum Gasteiger partial charge on any atom is -0.389 e. The van der Waals surface area contributed by atoms with E-state index in [1.165, 1.54) is 38.2 Å². The highest BCUT2D eigenvalue weighted by Crippen LogP contribution is 2.22. The predicted molar refractivity (Wildman–Crippen MR) is 116 cm³/mol. The van der Waals surface area contributed by atoms with Gasteiger partial charge in [0.15, 0.2) is 0 Å². The summed E-state index contributed by atoms with van der Waals surface area (Å²) in [6.07, 6.45) is 12.9. The molecule has 0 spiro atoms. The van der Waals surface area contributed by atoms with Crippen LogP contribution in [0.3, 0.4) is 0 Å². The third-order valence-corrected chi connectivity index (χ3v) is 5.81. The van der Waals surface area contributed by atoms with Gasteiger partial charge in [0, 0.05) is 25.4 Å². The molecule has 0 aromatic heterocycles. The van der Waals surface area contributed by atoms with Gasteiger partial charge in [-0.3, -0.25) is 0 Å². The first-order valence-corrected chi connectivity index (χ1v) is 10.9. The molecule has 0 amide bonds. The first kappa shape index (κ1) is 22.0. The summed E-state index contributed by atoms with van der Waals surface area (Å²) in [5.41, 5.74) is 1.68. The molecule has 1 N–H and O–H groups in total. The fourth-order valence-electron chi connectivity index (χ4n) is 3.72. The Morgan fingerprint density at radius 2 is 2.04 bits per heavy atom. The molecule has 1 heterocycles. The Labute approximate surface area is 169 Å². The Morgan fingerprint density at radius 1 is 1.26 bits per heavy atom. The summed E-state index contributed by atoms with van der Waals surface area (Å²) in [5, 5.41) is 10.4. The van der Waals surface area contributed by atoms with Crippen molar-refractivity contribution in [2.75, 3.05) is 6.54 Å². The normalized spacial score (nSPS) is 18.6. The van der Waals surface area contributed by atoms with E-state index < -0.39 is 6.10 Å². The van der Waals surface area contributed by atoms with Crippen LogP contribution < -0.4 is 0 Å². The number of benzene rings is 1. The lowest BCUT2D eigenvalue weighted by atomic mass is 10.0. The maximum Gasteiger partial charge on any atom is 0.126 e. The van der Waals surface area contributed by atoms with E-state index in [0.717, 1.165) is 29.9 Å². The van der Waals surface area contributed by atoms with E-state index in [4.69, 9.17) is 12.2 Å². The first-order valence-electron chi connectivity index (χ1n) is 10.5. The van der Waals surface area contributed by atoms with Crippen LogP contribution in [0.4, 0.5) is 4.39 Å². The van der Waals surface area contributed by atoms with Crippen molar-refractivity contribution in [1.29, 1.82) is 0 Å². The van der Waals surface area contributed by atoms with E-state index >= 15 is 0 Å². The standard InChI is InChI=1S/C23H34FNOS/c1-3-5-6-7-8-15-25-20(11-14-23(25)27)10-12-21(26)17-18-9-13-22(24)19(4-2)16-18/h9-10,12-13,16,20-21,26H,3-8,11,14-15,17H2,1-2H3/b12-10+/t20-,21+/m0/s1. The maximum atomic E-state index is 13.6. The number of aliphatic hydroxyl groups is 1. The van der Waals surface area contributed by atoms with Gasteiger partial charge in [0.1, 0.15) is 5.82 Å². The molecule has 150 valence electrons. The third-order valence-electron chi connectivity index (χ3n) is 5.37. The Balaban J connectivity index is 1.86. The van der Waals surface area contributed by atoms with Gasteiger partial charge in [-0.25, -0.2) is 4.39 Å². The summed E-state index contributed by atoms with van der Waals surface area (Å²) in [6, 6.07) is 5.43. The molecule has 27 heavy (non-hydrogen) atoms. The average Bonchev–Trinajstić information content (AvgIpc) is 3.01. The van der Waals surface area contributed by atoms with Crippen LogP contribution >= 0.6 is 12.2 Å². The van der Waals surface area contributed by atoms with Crippen molar-refractivity contribution in [2.45, 2.75) is 83.8 Å². The zero-order chi connectivity index (χ0) is 19.6. The largest absolute Gasteiger partial charge is 0.389 e. The second-order valence-corrected chi connectivity index (χ2v) is 8.01. The third kappa shape index (κ3) is 7.00. The fraction of sp³-hybridized carbons (Fsp3) is 0.609. The molecule has 1 aliphatic rings. The van der Waals surface area contributed by atoms with E-state index in [9.17, 15) is 9.50 Å². The molecule has 0 radical (unpaired) electrons. The number of halogens is 1. The summed E-state index contributed by atoms with van der Waals surface area (Å²) in [7, 11) is 0. The number of rotatable bonds is 11. The molecule has 2 rings (SSSR count). The van der Waals surface area contributed by atoms with Gasteiger partial charge >= 0.3 is 0 Å². The van der Waals surface area contributed by atoms with Gasteiger partial charge in [-0.15, -0.1) is 0 Å². The van der Waals surface area contributed by atoms with Crippen LogP contribution in [0.5, 0.6) is 0 Å². The predicted octanol–water partition coefficient (Wildman–Crippen LogP) is 5.61. The molecule has 0 aliphatic carbocycles. The molecule has 4 heteroatoms. The van der Waals surface area contributed by atoms with Crippen LogP contribution in [0.15, 0.2) is 30.4 Å². The number of likely N-dealkylation sites (tertiary alicyclic amines) is 1. The SMILES string of the molecule is CCCCCCCN1C(=S)CC[C@@H]1/C=C/[C@@H](O)Cc1ccc(F)c(CC)c1. The molecule has 1 fully saturated rings. The average molecular weight is 392 g/mol.